The fraction of sp³-hybridized carbons (Fsp3) is 0.700. The zero-order valence-corrected chi connectivity index (χ0v) is 8.60. The van der Waals surface area contributed by atoms with Crippen molar-refractivity contribution in [3.8, 4) is 0 Å². The Balaban J connectivity index is 2.11. The fourth-order valence-electron chi connectivity index (χ4n) is 1.31. The van der Waals surface area contributed by atoms with Gasteiger partial charge in [0.15, 0.2) is 0 Å². The van der Waals surface area contributed by atoms with Gasteiger partial charge in [-0.15, -0.1) is 5.10 Å². The van der Waals surface area contributed by atoms with E-state index in [4.69, 9.17) is 0 Å². The first kappa shape index (κ1) is 9.37. The number of hydrogen-bond donors (Lipinski definition) is 0. The molecule has 0 aromatic carbocycles. The van der Waals surface area contributed by atoms with Crippen molar-refractivity contribution < 1.29 is 4.79 Å². The van der Waals surface area contributed by atoms with E-state index in [0.29, 0.717) is 0 Å². The van der Waals surface area contributed by atoms with E-state index in [0.717, 1.165) is 24.4 Å². The lowest BCUT2D eigenvalue weighted by Crippen LogP contribution is -2.19. The lowest BCUT2D eigenvalue weighted by molar-refractivity contribution is -0.111. The van der Waals surface area contributed by atoms with Gasteiger partial charge in [-0.1, -0.05) is 5.21 Å². The van der Waals surface area contributed by atoms with E-state index in [9.17, 15) is 4.79 Å². The highest BCUT2D eigenvalue weighted by Gasteiger charge is 2.26. The van der Waals surface area contributed by atoms with E-state index >= 15 is 0 Å². The van der Waals surface area contributed by atoms with Crippen LogP contribution in [0, 0.1) is 5.92 Å². The minimum absolute atomic E-state index is 0.512. The second-order valence-electron chi connectivity index (χ2n) is 4.61. The Labute approximate surface area is 83.3 Å². The van der Waals surface area contributed by atoms with Gasteiger partial charge in [0.2, 0.25) is 0 Å². The van der Waals surface area contributed by atoms with Crippen molar-refractivity contribution in [2.24, 2.45) is 5.92 Å². The summed E-state index contributed by atoms with van der Waals surface area (Å²) in [6.45, 7) is 4.65. The van der Waals surface area contributed by atoms with E-state index in [-0.39, 0.29) is 0 Å². The van der Waals surface area contributed by atoms with Gasteiger partial charge in [-0.05, 0) is 32.6 Å². The monoisotopic (exact) mass is 193 g/mol. The van der Waals surface area contributed by atoms with Gasteiger partial charge in [-0.2, -0.15) is 0 Å². The van der Waals surface area contributed by atoms with Crippen molar-refractivity contribution >= 4 is 6.29 Å². The third kappa shape index (κ3) is 1.84. The van der Waals surface area contributed by atoms with Crippen molar-refractivity contribution in [2.45, 2.75) is 38.6 Å². The number of aromatic nitrogens is 3. The Kier molecular flexibility index (Phi) is 2.13. The maximum absolute atomic E-state index is 10.8. The van der Waals surface area contributed by atoms with Crippen LogP contribution < -0.4 is 0 Å². The molecule has 0 bridgehead atoms. The largest absolute Gasteiger partial charge is 0.302 e. The Morgan fingerprint density at radius 2 is 2.36 bits per heavy atom. The molecule has 76 valence electrons. The predicted molar refractivity (Wildman–Crippen MR) is 51.8 cm³/mol. The molecule has 0 amide bonds. The summed E-state index contributed by atoms with van der Waals surface area (Å²) >= 11 is 0. The standard InChI is InChI=1S/C10H15N3O/c1-10(2,7-14)9-6-13(12-11-9)5-8-3-4-8/h6-8H,3-5H2,1-2H3. The van der Waals surface area contributed by atoms with Crippen LogP contribution in [0.4, 0.5) is 0 Å². The molecule has 1 saturated carbocycles. The smallest absolute Gasteiger partial charge is 0.131 e. The molecule has 4 nitrogen and oxygen atoms in total. The number of carbonyl (C=O) groups is 1. The summed E-state index contributed by atoms with van der Waals surface area (Å²) in [6, 6.07) is 0. The molecule has 0 N–H and O–H groups in total. The Bertz CT molecular complexity index is 339. The average molecular weight is 193 g/mol. The second-order valence-corrected chi connectivity index (χ2v) is 4.61. The molecule has 0 saturated heterocycles. The van der Waals surface area contributed by atoms with Gasteiger partial charge in [-0.3, -0.25) is 4.68 Å². The highest BCUT2D eigenvalue weighted by molar-refractivity contribution is 5.65. The first-order chi connectivity index (χ1) is 6.62. The van der Waals surface area contributed by atoms with Gasteiger partial charge in [0, 0.05) is 12.7 Å². The van der Waals surface area contributed by atoms with Crippen LogP contribution in [-0.2, 0) is 16.8 Å². The molecule has 1 aliphatic rings. The topological polar surface area (TPSA) is 47.8 Å². The summed E-state index contributed by atoms with van der Waals surface area (Å²) in [5, 5.41) is 8.04. The number of rotatable bonds is 4. The molecule has 0 spiro atoms. The van der Waals surface area contributed by atoms with Crippen LogP contribution in [0.25, 0.3) is 0 Å². The van der Waals surface area contributed by atoms with E-state index in [1.165, 1.54) is 12.8 Å². The Morgan fingerprint density at radius 1 is 1.64 bits per heavy atom. The lowest BCUT2D eigenvalue weighted by atomic mass is 9.92. The summed E-state index contributed by atoms with van der Waals surface area (Å²) in [7, 11) is 0. The van der Waals surface area contributed by atoms with Gasteiger partial charge < -0.3 is 4.79 Å². The number of carbonyl (C=O) groups excluding carboxylic acids is 1. The fourth-order valence-corrected chi connectivity index (χ4v) is 1.31. The predicted octanol–water partition coefficient (Wildman–Crippen LogP) is 1.16. The van der Waals surface area contributed by atoms with Gasteiger partial charge in [0.05, 0.1) is 11.1 Å². The van der Waals surface area contributed by atoms with Crippen molar-refractivity contribution in [2.75, 3.05) is 0 Å². The van der Waals surface area contributed by atoms with Crippen molar-refractivity contribution in [1.82, 2.24) is 15.0 Å². The molecule has 0 unspecified atom stereocenters. The molecule has 14 heavy (non-hydrogen) atoms. The molecule has 1 heterocycles. The van der Waals surface area contributed by atoms with Crippen LogP contribution in [0.5, 0.6) is 0 Å². The van der Waals surface area contributed by atoms with Gasteiger partial charge >= 0.3 is 0 Å². The number of hydrogen-bond acceptors (Lipinski definition) is 3. The molecule has 0 atom stereocenters. The molecule has 0 radical (unpaired) electrons. The highest BCUT2D eigenvalue weighted by Crippen LogP contribution is 2.30. The minimum atomic E-state index is -0.512. The molecule has 1 aromatic rings. The maximum Gasteiger partial charge on any atom is 0.131 e. The maximum atomic E-state index is 10.8. The number of nitrogens with zero attached hydrogens (tertiary/aromatic N) is 3. The second kappa shape index (κ2) is 3.19. The molecule has 2 rings (SSSR count). The SMILES string of the molecule is CC(C)(C=O)c1cn(CC2CC2)nn1. The van der Waals surface area contributed by atoms with Crippen molar-refractivity contribution in [1.29, 1.82) is 0 Å². The Hall–Kier alpha value is -1.19. The summed E-state index contributed by atoms with van der Waals surface area (Å²) in [4.78, 5) is 10.8. The third-order valence-corrected chi connectivity index (χ3v) is 2.64. The molecule has 1 aliphatic carbocycles. The van der Waals surface area contributed by atoms with E-state index in [1.54, 1.807) is 0 Å². The summed E-state index contributed by atoms with van der Waals surface area (Å²) in [6.07, 6.45) is 5.39. The van der Waals surface area contributed by atoms with Crippen LogP contribution in [0.2, 0.25) is 0 Å². The van der Waals surface area contributed by atoms with Gasteiger partial charge in [-0.25, -0.2) is 0 Å². The zero-order chi connectivity index (χ0) is 10.2. The molecular formula is C10H15N3O. The van der Waals surface area contributed by atoms with Crippen LogP contribution in [0.1, 0.15) is 32.4 Å². The van der Waals surface area contributed by atoms with Crippen LogP contribution in [0.15, 0.2) is 6.20 Å². The summed E-state index contributed by atoms with van der Waals surface area (Å²) < 4.78 is 1.85. The molecule has 1 fully saturated rings. The van der Waals surface area contributed by atoms with E-state index < -0.39 is 5.41 Å². The number of aldehydes is 1. The average Bonchev–Trinajstić information content (AvgIpc) is 2.81. The van der Waals surface area contributed by atoms with Crippen LogP contribution >= 0.6 is 0 Å². The first-order valence-electron chi connectivity index (χ1n) is 4.99. The van der Waals surface area contributed by atoms with Crippen molar-refractivity contribution in [3.63, 3.8) is 0 Å². The summed E-state index contributed by atoms with van der Waals surface area (Å²) in [5.74, 6) is 0.781. The minimum Gasteiger partial charge on any atom is -0.302 e. The van der Waals surface area contributed by atoms with Gasteiger partial charge in [0.1, 0.15) is 6.29 Å². The normalized spacial score (nSPS) is 17.0. The zero-order valence-electron chi connectivity index (χ0n) is 8.60. The van der Waals surface area contributed by atoms with Gasteiger partial charge in [0.25, 0.3) is 0 Å². The lowest BCUT2D eigenvalue weighted by Gasteiger charge is -2.11. The van der Waals surface area contributed by atoms with E-state index in [2.05, 4.69) is 10.3 Å². The highest BCUT2D eigenvalue weighted by atomic mass is 16.1. The molecule has 1 aromatic heterocycles. The van der Waals surface area contributed by atoms with Crippen LogP contribution in [-0.4, -0.2) is 21.3 Å². The molecular weight excluding hydrogens is 178 g/mol. The van der Waals surface area contributed by atoms with Crippen LogP contribution in [0.3, 0.4) is 0 Å². The summed E-state index contributed by atoms with van der Waals surface area (Å²) in [5.41, 5.74) is 0.245. The van der Waals surface area contributed by atoms with E-state index in [1.807, 2.05) is 24.7 Å². The quantitative estimate of drug-likeness (QED) is 0.674. The third-order valence-electron chi connectivity index (χ3n) is 2.64. The first-order valence-corrected chi connectivity index (χ1v) is 4.99. The Morgan fingerprint density at radius 3 is 2.93 bits per heavy atom. The molecule has 0 aliphatic heterocycles. The van der Waals surface area contributed by atoms with Crippen molar-refractivity contribution in [3.05, 3.63) is 11.9 Å². The molecule has 4 heteroatoms.